The van der Waals surface area contributed by atoms with Crippen molar-refractivity contribution in [2.75, 3.05) is 13.7 Å². The minimum Gasteiger partial charge on any atom is -1.00 e. The lowest BCUT2D eigenvalue weighted by Gasteiger charge is -2.37. The second-order valence-corrected chi connectivity index (χ2v) is 8.02. The van der Waals surface area contributed by atoms with E-state index in [2.05, 4.69) is 9.67 Å². The third kappa shape index (κ3) is 4.43. The molecule has 7 heteroatoms. The summed E-state index contributed by atoms with van der Waals surface area (Å²) < 4.78 is 9.20. The van der Waals surface area contributed by atoms with E-state index in [1.807, 2.05) is 78.0 Å². The van der Waals surface area contributed by atoms with Gasteiger partial charge in [0.15, 0.2) is 0 Å². The van der Waals surface area contributed by atoms with Crippen molar-refractivity contribution in [2.45, 2.75) is 37.3 Å². The number of rotatable bonds is 8. The maximum atomic E-state index is 13.2. The molecule has 1 aliphatic carbocycles. The van der Waals surface area contributed by atoms with Gasteiger partial charge in [-0.05, 0) is 41.4 Å². The topological polar surface area (TPSA) is 74.0 Å². The molecule has 0 bridgehead atoms. The van der Waals surface area contributed by atoms with Gasteiger partial charge in [-0.1, -0.05) is 60.7 Å². The molecule has 1 aromatic heterocycles. The van der Waals surface area contributed by atoms with Crippen LogP contribution in [-0.2, 0) is 21.5 Å². The Balaban J connectivity index is 0.00000272. The van der Waals surface area contributed by atoms with Crippen LogP contribution in [0.1, 0.15) is 36.4 Å². The molecule has 1 aliphatic rings. The van der Waals surface area contributed by atoms with Gasteiger partial charge >= 0.3 is 0 Å². The Morgan fingerprint density at radius 3 is 2.29 bits per heavy atom. The fourth-order valence-corrected chi connectivity index (χ4v) is 4.98. The first-order chi connectivity index (χ1) is 14.7. The Bertz CT molecular complexity index is 938. The Morgan fingerprint density at radius 2 is 1.74 bits per heavy atom. The molecule has 3 aromatic rings. The second-order valence-electron chi connectivity index (χ2n) is 8.02. The molecule has 6 nitrogen and oxygen atoms in total. The first kappa shape index (κ1) is 23.2. The van der Waals surface area contributed by atoms with Crippen LogP contribution in [-0.4, -0.2) is 29.3 Å². The molecule has 31 heavy (non-hydrogen) atoms. The first-order valence-corrected chi connectivity index (χ1v) is 10.5. The summed E-state index contributed by atoms with van der Waals surface area (Å²) in [6.45, 7) is 1.35. The first-order valence-electron chi connectivity index (χ1n) is 10.5. The summed E-state index contributed by atoms with van der Waals surface area (Å²) in [5, 5.41) is 4.44. The van der Waals surface area contributed by atoms with Crippen molar-refractivity contribution in [3.8, 4) is 0 Å². The molecule has 1 fully saturated rings. The molecule has 1 heterocycles. The molecular formula is C24H29BrN4O2. The van der Waals surface area contributed by atoms with E-state index in [0.29, 0.717) is 6.61 Å². The van der Waals surface area contributed by atoms with E-state index in [9.17, 15) is 4.79 Å². The van der Waals surface area contributed by atoms with Crippen molar-refractivity contribution in [2.24, 2.45) is 11.7 Å². The summed E-state index contributed by atoms with van der Waals surface area (Å²) in [7, 11) is 1.69. The molecule has 2 atom stereocenters. The zero-order valence-corrected chi connectivity index (χ0v) is 19.3. The van der Waals surface area contributed by atoms with E-state index in [4.69, 9.17) is 10.5 Å². The van der Waals surface area contributed by atoms with Gasteiger partial charge < -0.3 is 27.5 Å². The Morgan fingerprint density at radius 1 is 1.13 bits per heavy atom. The molecular weight excluding hydrogens is 456 g/mol. The lowest BCUT2D eigenvalue weighted by Crippen LogP contribution is -3.00. The Kier molecular flexibility index (Phi) is 7.62. The zero-order valence-electron chi connectivity index (χ0n) is 17.7. The predicted molar refractivity (Wildman–Crippen MR) is 114 cm³/mol. The maximum absolute atomic E-state index is 13.2. The van der Waals surface area contributed by atoms with Crippen LogP contribution in [0.25, 0.3) is 0 Å². The zero-order chi connectivity index (χ0) is 21.0. The van der Waals surface area contributed by atoms with Crippen LogP contribution in [0.15, 0.2) is 73.3 Å². The van der Waals surface area contributed by atoms with Crippen molar-refractivity contribution >= 4 is 5.91 Å². The second kappa shape index (κ2) is 10.2. The average Bonchev–Trinajstić information content (AvgIpc) is 3.44. The summed E-state index contributed by atoms with van der Waals surface area (Å²) in [5.41, 5.74) is 7.27. The van der Waals surface area contributed by atoms with Crippen LogP contribution in [0.3, 0.4) is 0 Å². The number of methoxy groups -OCH3 is 1. The molecule has 0 radical (unpaired) electrons. The SMILES string of the molecule is COCC[n+]1cn([C@@H]2CC[C@H](C(C(N)=O)(c3ccccc3)c3ccccc3)C2)cn1.[Br-]. The number of nitrogens with zero attached hydrogens (tertiary/aromatic N) is 3. The summed E-state index contributed by atoms with van der Waals surface area (Å²) in [5.74, 6) is -0.175. The van der Waals surface area contributed by atoms with Crippen LogP contribution in [0.4, 0.5) is 0 Å². The minimum atomic E-state index is -0.843. The van der Waals surface area contributed by atoms with Crippen molar-refractivity contribution in [1.29, 1.82) is 0 Å². The number of hydrogen-bond acceptors (Lipinski definition) is 3. The molecule has 1 amide bonds. The molecule has 4 rings (SSSR count). The normalized spacial score (nSPS) is 18.5. The molecule has 2 N–H and O–H groups in total. The summed E-state index contributed by atoms with van der Waals surface area (Å²) >= 11 is 0. The third-order valence-corrected chi connectivity index (χ3v) is 6.41. The van der Waals surface area contributed by atoms with Gasteiger partial charge in [0.2, 0.25) is 12.2 Å². The fourth-order valence-electron chi connectivity index (χ4n) is 4.98. The number of amides is 1. The number of hydrogen-bond donors (Lipinski definition) is 1. The van der Waals surface area contributed by atoms with Crippen molar-refractivity contribution in [1.82, 2.24) is 9.67 Å². The number of aromatic nitrogens is 3. The molecule has 0 saturated heterocycles. The summed E-state index contributed by atoms with van der Waals surface area (Å²) in [6, 6.07) is 20.3. The van der Waals surface area contributed by atoms with Gasteiger partial charge in [-0.2, -0.15) is 0 Å². The number of benzene rings is 2. The number of primary amides is 1. The highest BCUT2D eigenvalue weighted by Crippen LogP contribution is 2.49. The van der Waals surface area contributed by atoms with Crippen molar-refractivity contribution in [3.05, 3.63) is 84.4 Å². The lowest BCUT2D eigenvalue weighted by molar-refractivity contribution is -0.752. The van der Waals surface area contributed by atoms with Crippen molar-refractivity contribution in [3.63, 3.8) is 0 Å². The van der Waals surface area contributed by atoms with Crippen LogP contribution >= 0.6 is 0 Å². The Hall–Kier alpha value is -2.51. The summed E-state index contributed by atoms with van der Waals surface area (Å²) in [6.07, 6.45) is 6.68. The van der Waals surface area contributed by atoms with Gasteiger partial charge in [-0.3, -0.25) is 4.79 Å². The highest BCUT2D eigenvalue weighted by Gasteiger charge is 2.50. The molecule has 1 saturated carbocycles. The molecule has 2 aromatic carbocycles. The largest absolute Gasteiger partial charge is 1.00 e. The van der Waals surface area contributed by atoms with Crippen LogP contribution < -0.4 is 27.4 Å². The molecule has 0 aliphatic heterocycles. The maximum Gasteiger partial charge on any atom is 0.266 e. The number of halogens is 1. The van der Waals surface area contributed by atoms with Gasteiger partial charge in [0, 0.05) is 7.11 Å². The highest BCUT2D eigenvalue weighted by atomic mass is 79.9. The number of carbonyl (C=O) groups excluding carboxylic acids is 1. The van der Waals surface area contributed by atoms with Gasteiger partial charge in [0.05, 0.1) is 6.61 Å². The van der Waals surface area contributed by atoms with Gasteiger partial charge in [-0.25, -0.2) is 4.57 Å². The predicted octanol–water partition coefficient (Wildman–Crippen LogP) is -0.366. The molecule has 164 valence electrons. The smallest absolute Gasteiger partial charge is 0.266 e. The van der Waals surface area contributed by atoms with E-state index >= 15 is 0 Å². The number of ether oxygens (including phenoxy) is 1. The highest BCUT2D eigenvalue weighted by molar-refractivity contribution is 5.91. The van der Waals surface area contributed by atoms with E-state index < -0.39 is 5.41 Å². The Labute approximate surface area is 193 Å². The van der Waals surface area contributed by atoms with Crippen LogP contribution in [0, 0.1) is 5.92 Å². The quantitative estimate of drug-likeness (QED) is 0.443. The minimum absolute atomic E-state index is 0. The number of carbonyl (C=O) groups is 1. The standard InChI is InChI=1S/C24H28N4O2.BrH/c1-30-15-14-28-18-27(17-26-28)22-13-12-21(16-22)24(23(25)29,19-8-4-2-5-9-19)20-10-6-3-7-11-20;/h2-11,17-18,21-22H,12-16H2,1H3,(H-,25,29);1H/t21-,22+;/m0./s1. The summed E-state index contributed by atoms with van der Waals surface area (Å²) in [4.78, 5) is 13.2. The van der Waals surface area contributed by atoms with E-state index in [-0.39, 0.29) is 34.8 Å². The van der Waals surface area contributed by atoms with Gasteiger partial charge in [0.1, 0.15) is 18.0 Å². The van der Waals surface area contributed by atoms with E-state index in [1.54, 1.807) is 7.11 Å². The van der Waals surface area contributed by atoms with E-state index in [0.717, 1.165) is 36.9 Å². The van der Waals surface area contributed by atoms with E-state index in [1.165, 1.54) is 0 Å². The monoisotopic (exact) mass is 484 g/mol. The van der Waals surface area contributed by atoms with Crippen molar-refractivity contribution < 1.29 is 31.2 Å². The van der Waals surface area contributed by atoms with Gasteiger partial charge in [-0.15, -0.1) is 4.68 Å². The molecule has 0 spiro atoms. The lowest BCUT2D eigenvalue weighted by atomic mass is 9.64. The van der Waals surface area contributed by atoms with Gasteiger partial charge in [0.25, 0.3) is 6.33 Å². The number of nitrogens with two attached hydrogens (primary N) is 1. The van der Waals surface area contributed by atoms with Crippen LogP contribution in [0.5, 0.6) is 0 Å². The third-order valence-electron chi connectivity index (χ3n) is 6.41. The molecule has 0 unspecified atom stereocenters. The fraction of sp³-hybridized carbons (Fsp3) is 0.375. The average molecular weight is 485 g/mol. The van der Waals surface area contributed by atoms with Crippen LogP contribution in [0.2, 0.25) is 0 Å².